The van der Waals surface area contributed by atoms with Crippen LogP contribution < -0.4 is 10.6 Å². The van der Waals surface area contributed by atoms with Crippen LogP contribution in [0.1, 0.15) is 51.4 Å². The third-order valence-electron chi connectivity index (χ3n) is 3.09. The Kier molecular flexibility index (Phi) is 4.83. The molecule has 0 spiro atoms. The van der Waals surface area contributed by atoms with Crippen LogP contribution in [0.25, 0.3) is 0 Å². The first kappa shape index (κ1) is 15.8. The topological polar surface area (TPSA) is 49.8 Å². The minimum atomic E-state index is -0.0754. The summed E-state index contributed by atoms with van der Waals surface area (Å²) in [5.74, 6) is 2.59. The zero-order valence-electron chi connectivity index (χ0n) is 13.4. The molecule has 0 aliphatic rings. The second-order valence-corrected chi connectivity index (χ2v) is 7.10. The molecule has 4 nitrogen and oxygen atoms in total. The maximum absolute atomic E-state index is 4.68. The predicted molar refractivity (Wildman–Crippen MR) is 91.3 cm³/mol. The van der Waals surface area contributed by atoms with Crippen molar-refractivity contribution < 1.29 is 0 Å². The van der Waals surface area contributed by atoms with Crippen molar-refractivity contribution in [2.24, 2.45) is 0 Å². The first-order valence-corrected chi connectivity index (χ1v) is 8.21. The maximum Gasteiger partial charge on any atom is 0.138 e. The zero-order valence-corrected chi connectivity index (χ0v) is 14.2. The number of aromatic nitrogens is 2. The molecular formula is C16H24N4S. The average molecular weight is 304 g/mol. The summed E-state index contributed by atoms with van der Waals surface area (Å²) in [5.41, 5.74) is -0.0754. The van der Waals surface area contributed by atoms with Gasteiger partial charge in [0.2, 0.25) is 0 Å². The third kappa shape index (κ3) is 4.17. The molecule has 0 aromatic carbocycles. The van der Waals surface area contributed by atoms with Gasteiger partial charge in [-0.05, 0) is 25.3 Å². The van der Waals surface area contributed by atoms with Crippen molar-refractivity contribution in [2.75, 3.05) is 17.2 Å². The molecule has 114 valence electrons. The van der Waals surface area contributed by atoms with Crippen LogP contribution in [0.3, 0.4) is 0 Å². The quantitative estimate of drug-likeness (QED) is 0.857. The molecule has 2 N–H and O–H groups in total. The molecular weight excluding hydrogens is 280 g/mol. The summed E-state index contributed by atoms with van der Waals surface area (Å²) in [4.78, 5) is 10.6. The minimum absolute atomic E-state index is 0.0754. The lowest BCUT2D eigenvalue weighted by Crippen LogP contribution is -2.19. The third-order valence-corrected chi connectivity index (χ3v) is 4.14. The van der Waals surface area contributed by atoms with E-state index in [1.807, 2.05) is 6.07 Å². The van der Waals surface area contributed by atoms with Gasteiger partial charge in [-0.3, -0.25) is 0 Å². The van der Waals surface area contributed by atoms with Crippen LogP contribution in [-0.4, -0.2) is 16.5 Å². The van der Waals surface area contributed by atoms with Crippen LogP contribution in [0.2, 0.25) is 0 Å². The Morgan fingerprint density at radius 1 is 1.24 bits per heavy atom. The average Bonchev–Trinajstić information content (AvgIpc) is 2.91. The lowest BCUT2D eigenvalue weighted by molar-refractivity contribution is 0.546. The molecule has 1 atom stereocenters. The Morgan fingerprint density at radius 3 is 2.52 bits per heavy atom. The first-order chi connectivity index (χ1) is 9.90. The molecule has 0 bridgehead atoms. The Labute approximate surface area is 131 Å². The summed E-state index contributed by atoms with van der Waals surface area (Å²) in [6, 6.07) is 6.42. The van der Waals surface area contributed by atoms with E-state index in [0.29, 0.717) is 0 Å². The monoisotopic (exact) mass is 304 g/mol. The van der Waals surface area contributed by atoms with E-state index >= 15 is 0 Å². The van der Waals surface area contributed by atoms with Crippen molar-refractivity contribution in [1.29, 1.82) is 0 Å². The maximum atomic E-state index is 4.68. The van der Waals surface area contributed by atoms with Crippen LogP contribution in [0, 0.1) is 0 Å². The van der Waals surface area contributed by atoms with E-state index in [2.05, 4.69) is 72.7 Å². The Morgan fingerprint density at radius 2 is 1.95 bits per heavy atom. The number of hydrogen-bond donors (Lipinski definition) is 2. The number of rotatable bonds is 5. The molecule has 0 amide bonds. The van der Waals surface area contributed by atoms with Gasteiger partial charge >= 0.3 is 0 Å². The Hall–Kier alpha value is -1.62. The summed E-state index contributed by atoms with van der Waals surface area (Å²) in [6.07, 6.45) is 0. The summed E-state index contributed by atoms with van der Waals surface area (Å²) >= 11 is 1.75. The molecule has 21 heavy (non-hydrogen) atoms. The minimum Gasteiger partial charge on any atom is -0.370 e. The summed E-state index contributed by atoms with van der Waals surface area (Å²) in [7, 11) is 0. The van der Waals surface area contributed by atoms with E-state index in [4.69, 9.17) is 0 Å². The molecule has 0 aliphatic carbocycles. The van der Waals surface area contributed by atoms with Crippen LogP contribution in [-0.2, 0) is 5.41 Å². The molecule has 0 saturated heterocycles. The van der Waals surface area contributed by atoms with E-state index in [1.54, 1.807) is 11.3 Å². The van der Waals surface area contributed by atoms with E-state index in [-0.39, 0.29) is 11.5 Å². The van der Waals surface area contributed by atoms with Gasteiger partial charge in [0.15, 0.2) is 0 Å². The van der Waals surface area contributed by atoms with Gasteiger partial charge in [-0.1, -0.05) is 26.8 Å². The summed E-state index contributed by atoms with van der Waals surface area (Å²) in [6.45, 7) is 11.5. The fourth-order valence-electron chi connectivity index (χ4n) is 1.96. The highest BCUT2D eigenvalue weighted by atomic mass is 32.1. The van der Waals surface area contributed by atoms with Crippen LogP contribution in [0.15, 0.2) is 23.6 Å². The molecule has 0 saturated carbocycles. The first-order valence-electron chi connectivity index (χ1n) is 7.33. The smallest absolute Gasteiger partial charge is 0.138 e. The molecule has 5 heteroatoms. The van der Waals surface area contributed by atoms with E-state index in [1.165, 1.54) is 4.88 Å². The number of thiophene rings is 1. The molecule has 0 fully saturated rings. The molecule has 1 unspecified atom stereocenters. The molecule has 2 aromatic heterocycles. The van der Waals surface area contributed by atoms with Crippen molar-refractivity contribution in [2.45, 2.75) is 46.1 Å². The highest BCUT2D eigenvalue weighted by molar-refractivity contribution is 7.10. The Balaban J connectivity index is 2.27. The van der Waals surface area contributed by atoms with Gasteiger partial charge in [0.05, 0.1) is 6.04 Å². The molecule has 0 aliphatic heterocycles. The van der Waals surface area contributed by atoms with Crippen molar-refractivity contribution in [3.8, 4) is 0 Å². The summed E-state index contributed by atoms with van der Waals surface area (Å²) < 4.78 is 0. The zero-order chi connectivity index (χ0) is 15.5. The number of hydrogen-bond acceptors (Lipinski definition) is 5. The highest BCUT2D eigenvalue weighted by Crippen LogP contribution is 2.26. The number of nitrogens with one attached hydrogen (secondary N) is 2. The number of nitrogens with zero attached hydrogens (tertiary/aromatic N) is 2. The second kappa shape index (κ2) is 6.43. The van der Waals surface area contributed by atoms with Gasteiger partial charge in [0, 0.05) is 22.9 Å². The Bertz CT molecular complexity index is 572. The van der Waals surface area contributed by atoms with Gasteiger partial charge in [0.1, 0.15) is 17.5 Å². The van der Waals surface area contributed by atoms with Gasteiger partial charge in [-0.2, -0.15) is 0 Å². The SMILES string of the molecule is CCNc1cc(NC(C)c2cccs2)nc(C(C)(C)C)n1. The van der Waals surface area contributed by atoms with Gasteiger partial charge in [-0.25, -0.2) is 9.97 Å². The molecule has 2 rings (SSSR count). The fourth-order valence-corrected chi connectivity index (χ4v) is 2.69. The van der Waals surface area contributed by atoms with Crippen molar-refractivity contribution in [3.63, 3.8) is 0 Å². The van der Waals surface area contributed by atoms with Gasteiger partial charge < -0.3 is 10.6 Å². The van der Waals surface area contributed by atoms with E-state index in [9.17, 15) is 0 Å². The highest BCUT2D eigenvalue weighted by Gasteiger charge is 2.19. The second-order valence-electron chi connectivity index (χ2n) is 6.12. The van der Waals surface area contributed by atoms with Crippen molar-refractivity contribution in [3.05, 3.63) is 34.3 Å². The fraction of sp³-hybridized carbons (Fsp3) is 0.500. The van der Waals surface area contributed by atoms with E-state index in [0.717, 1.165) is 24.0 Å². The number of anilines is 2. The standard InChI is InChI=1S/C16H24N4S/c1-6-17-13-10-14(20-15(19-13)16(3,4)5)18-11(2)12-8-7-9-21-12/h7-11H,6H2,1-5H3,(H2,17,18,19,20). The lowest BCUT2D eigenvalue weighted by atomic mass is 9.96. The van der Waals surface area contributed by atoms with Crippen LogP contribution in [0.4, 0.5) is 11.6 Å². The molecule has 0 radical (unpaired) electrons. The van der Waals surface area contributed by atoms with Crippen LogP contribution in [0.5, 0.6) is 0 Å². The van der Waals surface area contributed by atoms with Crippen LogP contribution >= 0.6 is 11.3 Å². The largest absolute Gasteiger partial charge is 0.370 e. The molecule has 2 heterocycles. The predicted octanol–water partition coefficient (Wildman–Crippen LogP) is 4.44. The van der Waals surface area contributed by atoms with Gasteiger partial charge in [-0.15, -0.1) is 11.3 Å². The van der Waals surface area contributed by atoms with Crippen molar-refractivity contribution >= 4 is 23.0 Å². The lowest BCUT2D eigenvalue weighted by Gasteiger charge is -2.20. The van der Waals surface area contributed by atoms with Crippen molar-refractivity contribution in [1.82, 2.24) is 9.97 Å². The molecule has 2 aromatic rings. The van der Waals surface area contributed by atoms with Gasteiger partial charge in [0.25, 0.3) is 0 Å². The van der Waals surface area contributed by atoms with E-state index < -0.39 is 0 Å². The summed E-state index contributed by atoms with van der Waals surface area (Å²) in [5, 5.41) is 8.85. The normalized spacial score (nSPS) is 13.0.